The van der Waals surface area contributed by atoms with Crippen molar-refractivity contribution >= 4 is 20.7 Å². The summed E-state index contributed by atoms with van der Waals surface area (Å²) in [6.07, 6.45) is -3.33. The Morgan fingerprint density at radius 3 is 1.92 bits per heavy atom. The van der Waals surface area contributed by atoms with E-state index >= 15 is 0 Å². The second-order valence-corrected chi connectivity index (χ2v) is 5.34. The smallest absolute Gasteiger partial charge is 0.242 e. The molecule has 0 aromatic heterocycles. The molecule has 1 aliphatic rings. The molecule has 1 saturated carbocycles. The number of hydrogen-bond acceptors (Lipinski definition) is 1. The van der Waals surface area contributed by atoms with Crippen LogP contribution in [-0.2, 0) is 10.0 Å². The lowest BCUT2D eigenvalue weighted by Gasteiger charge is -2.27. The van der Waals surface area contributed by atoms with Gasteiger partial charge in [0.2, 0.25) is 0 Å². The van der Waals surface area contributed by atoms with Gasteiger partial charge in [-0.2, -0.15) is 13.2 Å². The van der Waals surface area contributed by atoms with Crippen molar-refractivity contribution in [1.82, 2.24) is 0 Å². The van der Waals surface area contributed by atoms with Gasteiger partial charge in [-0.25, -0.2) is 4.21 Å². The molecule has 1 fully saturated rings. The van der Waals surface area contributed by atoms with Crippen molar-refractivity contribution in [2.75, 3.05) is 0 Å². The van der Waals surface area contributed by atoms with E-state index in [0.717, 1.165) is 0 Å². The second-order valence-electron chi connectivity index (χ2n) is 3.26. The van der Waals surface area contributed by atoms with Crippen LogP contribution in [0.25, 0.3) is 0 Å². The van der Waals surface area contributed by atoms with Crippen LogP contribution in [0, 0.1) is 5.92 Å². The first-order chi connectivity index (χ1) is 5.91. The Labute approximate surface area is 81.6 Å². The molecule has 1 unspecified atom stereocenters. The van der Waals surface area contributed by atoms with E-state index in [1.165, 1.54) is 0 Å². The first kappa shape index (κ1) is 11.3. The zero-order chi connectivity index (χ0) is 10.1. The molecule has 1 aliphatic carbocycles. The van der Waals surface area contributed by atoms with Gasteiger partial charge in [-0.3, -0.25) is 0 Å². The first-order valence-electron chi connectivity index (χ1n) is 4.05. The fourth-order valence-electron chi connectivity index (χ4n) is 1.58. The Balaban J connectivity index is 2.44. The number of halogens is 4. The molecule has 6 heteroatoms. The highest BCUT2D eigenvalue weighted by Crippen LogP contribution is 2.38. The number of alkyl halides is 3. The Morgan fingerprint density at radius 1 is 1.15 bits per heavy atom. The second kappa shape index (κ2) is 4.17. The van der Waals surface area contributed by atoms with Crippen molar-refractivity contribution in [3.8, 4) is 0 Å². The van der Waals surface area contributed by atoms with Crippen LogP contribution >= 0.6 is 10.7 Å². The van der Waals surface area contributed by atoms with Gasteiger partial charge in [0.1, 0.15) is 10.0 Å². The van der Waals surface area contributed by atoms with Crippen LogP contribution < -0.4 is 0 Å². The van der Waals surface area contributed by atoms with Crippen molar-refractivity contribution in [1.29, 1.82) is 0 Å². The van der Waals surface area contributed by atoms with Gasteiger partial charge < -0.3 is 0 Å². The zero-order valence-corrected chi connectivity index (χ0v) is 8.38. The summed E-state index contributed by atoms with van der Waals surface area (Å²) in [7, 11) is 3.82. The minimum absolute atomic E-state index is 0.0621. The fraction of sp³-hybridized carbons (Fsp3) is 1.00. The fourth-order valence-corrected chi connectivity index (χ4v) is 2.75. The summed E-state index contributed by atoms with van der Waals surface area (Å²) in [4.78, 5) is 0. The Kier molecular flexibility index (Phi) is 3.63. The molecule has 0 radical (unpaired) electrons. The molecule has 0 N–H and O–H groups in total. The van der Waals surface area contributed by atoms with E-state index in [4.69, 9.17) is 10.7 Å². The maximum atomic E-state index is 12.2. The minimum atomic E-state index is -4.10. The largest absolute Gasteiger partial charge is 0.391 e. The van der Waals surface area contributed by atoms with E-state index in [1.54, 1.807) is 0 Å². The lowest BCUT2D eigenvalue weighted by Crippen LogP contribution is -2.30. The molecular formula is C7H10ClF3OS. The van der Waals surface area contributed by atoms with Crippen molar-refractivity contribution in [2.45, 2.75) is 37.1 Å². The quantitative estimate of drug-likeness (QED) is 0.638. The molecule has 13 heavy (non-hydrogen) atoms. The first-order valence-corrected chi connectivity index (χ1v) is 6.08. The molecule has 1 atom stereocenters. The lowest BCUT2D eigenvalue weighted by molar-refractivity contribution is -0.181. The molecule has 0 amide bonds. The molecule has 0 spiro atoms. The SMILES string of the molecule is O=S(Cl)C1CCC(C(F)(F)F)CC1. The third kappa shape index (κ3) is 3.13. The average molecular weight is 235 g/mol. The van der Waals surface area contributed by atoms with Gasteiger partial charge in [0, 0.05) is 5.25 Å². The zero-order valence-electron chi connectivity index (χ0n) is 6.81. The molecule has 0 aromatic rings. The Hall–Kier alpha value is 0.230. The summed E-state index contributed by atoms with van der Waals surface area (Å²) in [6.45, 7) is 0. The van der Waals surface area contributed by atoms with Crippen LogP contribution in [0.15, 0.2) is 0 Å². The summed E-state index contributed by atoms with van der Waals surface area (Å²) in [5, 5.41) is -0.250. The van der Waals surface area contributed by atoms with Gasteiger partial charge in [0.05, 0.1) is 5.92 Å². The highest BCUT2D eigenvalue weighted by molar-refractivity contribution is 8.08. The van der Waals surface area contributed by atoms with E-state index in [9.17, 15) is 17.4 Å². The van der Waals surface area contributed by atoms with Crippen LogP contribution in [-0.4, -0.2) is 15.6 Å². The van der Waals surface area contributed by atoms with Gasteiger partial charge in [0.25, 0.3) is 0 Å². The van der Waals surface area contributed by atoms with Crippen LogP contribution in [0.2, 0.25) is 0 Å². The van der Waals surface area contributed by atoms with Crippen LogP contribution in [0.3, 0.4) is 0 Å². The molecule has 0 aliphatic heterocycles. The summed E-state index contributed by atoms with van der Waals surface area (Å²) >= 11 is 0. The predicted octanol–water partition coefficient (Wildman–Crippen LogP) is 3.01. The number of rotatable bonds is 1. The van der Waals surface area contributed by atoms with Crippen molar-refractivity contribution in [3.05, 3.63) is 0 Å². The predicted molar refractivity (Wildman–Crippen MR) is 45.8 cm³/mol. The standard InChI is InChI=1S/C7H10ClF3OS/c8-13(12)6-3-1-5(2-4-6)7(9,10)11/h5-6H,1-4H2. The molecule has 78 valence electrons. The van der Waals surface area contributed by atoms with Gasteiger partial charge >= 0.3 is 6.18 Å². The minimum Gasteiger partial charge on any atom is -0.242 e. The summed E-state index contributed by atoms with van der Waals surface area (Å²) in [5.41, 5.74) is 0. The molecule has 1 rings (SSSR count). The van der Waals surface area contributed by atoms with Crippen molar-refractivity contribution in [3.63, 3.8) is 0 Å². The maximum absolute atomic E-state index is 12.2. The number of hydrogen-bond donors (Lipinski definition) is 0. The highest BCUT2D eigenvalue weighted by atomic mass is 35.7. The average Bonchev–Trinajstić information content (AvgIpc) is 2.03. The Morgan fingerprint density at radius 2 is 1.62 bits per heavy atom. The normalized spacial score (nSPS) is 32.9. The summed E-state index contributed by atoms with van der Waals surface area (Å²) in [5.74, 6) is -1.22. The topological polar surface area (TPSA) is 17.1 Å². The van der Waals surface area contributed by atoms with Gasteiger partial charge in [-0.05, 0) is 36.4 Å². The van der Waals surface area contributed by atoms with E-state index in [-0.39, 0.29) is 18.1 Å². The Bertz CT molecular complexity index is 198. The molecule has 0 bridgehead atoms. The van der Waals surface area contributed by atoms with Gasteiger partial charge in [0.15, 0.2) is 0 Å². The van der Waals surface area contributed by atoms with E-state index < -0.39 is 22.1 Å². The van der Waals surface area contributed by atoms with E-state index in [1.807, 2.05) is 0 Å². The monoisotopic (exact) mass is 234 g/mol. The third-order valence-corrected chi connectivity index (χ3v) is 4.15. The maximum Gasteiger partial charge on any atom is 0.391 e. The molecule has 0 saturated heterocycles. The lowest BCUT2D eigenvalue weighted by atomic mass is 9.88. The van der Waals surface area contributed by atoms with Crippen LogP contribution in [0.4, 0.5) is 13.2 Å². The van der Waals surface area contributed by atoms with Crippen molar-refractivity contribution in [2.24, 2.45) is 5.92 Å². The summed E-state index contributed by atoms with van der Waals surface area (Å²) < 4.78 is 47.2. The summed E-state index contributed by atoms with van der Waals surface area (Å²) in [6, 6.07) is 0. The third-order valence-electron chi connectivity index (χ3n) is 2.40. The van der Waals surface area contributed by atoms with Crippen molar-refractivity contribution < 1.29 is 17.4 Å². The molecule has 1 nitrogen and oxygen atoms in total. The van der Waals surface area contributed by atoms with Crippen LogP contribution in [0.1, 0.15) is 25.7 Å². The molecule has 0 aromatic carbocycles. The van der Waals surface area contributed by atoms with Gasteiger partial charge in [-0.1, -0.05) is 0 Å². The van der Waals surface area contributed by atoms with E-state index in [2.05, 4.69) is 0 Å². The molecular weight excluding hydrogens is 225 g/mol. The molecule has 0 heterocycles. The highest BCUT2D eigenvalue weighted by Gasteiger charge is 2.42. The van der Waals surface area contributed by atoms with Crippen LogP contribution in [0.5, 0.6) is 0 Å². The van der Waals surface area contributed by atoms with Gasteiger partial charge in [-0.15, -0.1) is 0 Å². The van der Waals surface area contributed by atoms with E-state index in [0.29, 0.717) is 12.8 Å².